The third kappa shape index (κ3) is 0.961. The minimum atomic E-state index is -0.0584. The first-order chi connectivity index (χ1) is 5.47. The molecule has 1 aromatic heterocycles. The summed E-state index contributed by atoms with van der Waals surface area (Å²) in [5.74, 6) is 0. The fourth-order valence-corrected chi connectivity index (χ4v) is 3.32. The van der Waals surface area contributed by atoms with Gasteiger partial charge in [-0.3, -0.25) is 0 Å². The second kappa shape index (κ2) is 2.27. The maximum atomic E-state index is 6.51. The fourth-order valence-electron chi connectivity index (χ4n) is 1.79. The highest BCUT2D eigenvalue weighted by Crippen LogP contribution is 2.67. The molecule has 0 bridgehead atoms. The van der Waals surface area contributed by atoms with Crippen LogP contribution in [0.2, 0.25) is 0 Å². The average molecular weight is 201 g/mol. The zero-order chi connectivity index (χ0) is 8.98. The summed E-state index contributed by atoms with van der Waals surface area (Å²) >= 11 is 8.26. The Balaban J connectivity index is 2.40. The van der Waals surface area contributed by atoms with Gasteiger partial charge in [0.15, 0.2) is 0 Å². The number of halogens is 1. The molecule has 1 unspecified atom stereocenters. The first kappa shape index (κ1) is 8.58. The molecular weight excluding hydrogens is 188 g/mol. The average Bonchev–Trinajstić information content (AvgIpc) is 2.36. The van der Waals surface area contributed by atoms with Crippen molar-refractivity contribution in [2.75, 3.05) is 0 Å². The Kier molecular flexibility index (Phi) is 1.62. The van der Waals surface area contributed by atoms with Crippen LogP contribution in [0.4, 0.5) is 0 Å². The van der Waals surface area contributed by atoms with Gasteiger partial charge in [0.2, 0.25) is 0 Å². The molecule has 2 heteroatoms. The van der Waals surface area contributed by atoms with Crippen LogP contribution in [0.15, 0.2) is 10.8 Å². The van der Waals surface area contributed by atoms with Crippen molar-refractivity contribution in [1.29, 1.82) is 0 Å². The summed E-state index contributed by atoms with van der Waals surface area (Å²) in [6, 6.07) is 0. The van der Waals surface area contributed by atoms with E-state index in [1.54, 1.807) is 11.3 Å². The van der Waals surface area contributed by atoms with Crippen LogP contribution >= 0.6 is 22.9 Å². The van der Waals surface area contributed by atoms with Crippen molar-refractivity contribution >= 4 is 22.9 Å². The highest BCUT2D eigenvalue weighted by Gasteiger charge is 2.61. The van der Waals surface area contributed by atoms with E-state index >= 15 is 0 Å². The summed E-state index contributed by atoms with van der Waals surface area (Å²) in [6.45, 7) is 6.61. The summed E-state index contributed by atoms with van der Waals surface area (Å²) in [6.07, 6.45) is 1.11. The van der Waals surface area contributed by atoms with Gasteiger partial charge in [0, 0.05) is 0 Å². The lowest BCUT2D eigenvalue weighted by atomic mass is 10.0. The molecule has 1 aliphatic carbocycles. The van der Waals surface area contributed by atoms with Gasteiger partial charge in [0.1, 0.15) is 0 Å². The molecular formula is C10H13ClS. The normalized spacial score (nSPS) is 32.0. The van der Waals surface area contributed by atoms with Crippen LogP contribution in [0.5, 0.6) is 0 Å². The van der Waals surface area contributed by atoms with Crippen LogP contribution < -0.4 is 0 Å². The van der Waals surface area contributed by atoms with E-state index < -0.39 is 0 Å². The molecule has 1 heterocycles. The molecule has 1 saturated carbocycles. The third-order valence-electron chi connectivity index (χ3n) is 2.92. The molecule has 0 saturated heterocycles. The van der Waals surface area contributed by atoms with Gasteiger partial charge in [0.25, 0.3) is 0 Å². The molecule has 12 heavy (non-hydrogen) atoms. The standard InChI is InChI=1S/C10H13ClS/c1-7-4-12-5-8(7)10(11)6-9(10,2)3/h4-5H,6H2,1-3H3. The lowest BCUT2D eigenvalue weighted by Crippen LogP contribution is -2.05. The van der Waals surface area contributed by atoms with E-state index in [1.165, 1.54) is 11.1 Å². The lowest BCUT2D eigenvalue weighted by molar-refractivity contribution is 0.595. The molecule has 0 aromatic carbocycles. The summed E-state index contributed by atoms with van der Waals surface area (Å²) in [7, 11) is 0. The second-order valence-electron chi connectivity index (χ2n) is 4.33. The Morgan fingerprint density at radius 2 is 2.00 bits per heavy atom. The van der Waals surface area contributed by atoms with Gasteiger partial charge in [-0.2, -0.15) is 11.3 Å². The monoisotopic (exact) mass is 200 g/mol. The van der Waals surface area contributed by atoms with Crippen molar-refractivity contribution < 1.29 is 0 Å². The zero-order valence-corrected chi connectivity index (χ0v) is 9.22. The molecule has 0 radical (unpaired) electrons. The minimum Gasteiger partial charge on any atom is -0.152 e. The molecule has 0 spiro atoms. The molecule has 1 atom stereocenters. The molecule has 0 N–H and O–H groups in total. The molecule has 2 rings (SSSR count). The van der Waals surface area contributed by atoms with Crippen molar-refractivity contribution in [2.45, 2.75) is 32.1 Å². The number of alkyl halides is 1. The molecule has 0 amide bonds. The van der Waals surface area contributed by atoms with Gasteiger partial charge in [-0.1, -0.05) is 13.8 Å². The maximum Gasteiger partial charge on any atom is 0.0762 e. The van der Waals surface area contributed by atoms with E-state index in [1.807, 2.05) is 0 Å². The van der Waals surface area contributed by atoms with Crippen LogP contribution in [0.1, 0.15) is 31.4 Å². The molecule has 0 aliphatic heterocycles. The van der Waals surface area contributed by atoms with Crippen molar-refractivity contribution in [3.8, 4) is 0 Å². The van der Waals surface area contributed by atoms with Crippen LogP contribution in [0.25, 0.3) is 0 Å². The number of hydrogen-bond donors (Lipinski definition) is 0. The minimum absolute atomic E-state index is 0.0584. The Morgan fingerprint density at radius 1 is 1.42 bits per heavy atom. The Labute approximate surface area is 82.6 Å². The van der Waals surface area contributed by atoms with E-state index in [0.29, 0.717) is 5.41 Å². The number of aryl methyl sites for hydroxylation is 1. The fraction of sp³-hybridized carbons (Fsp3) is 0.600. The van der Waals surface area contributed by atoms with Crippen molar-refractivity contribution in [1.82, 2.24) is 0 Å². The van der Waals surface area contributed by atoms with Gasteiger partial charge in [-0.15, -0.1) is 11.6 Å². The summed E-state index contributed by atoms with van der Waals surface area (Å²) in [4.78, 5) is -0.0584. The highest BCUT2D eigenvalue weighted by atomic mass is 35.5. The highest BCUT2D eigenvalue weighted by molar-refractivity contribution is 7.08. The SMILES string of the molecule is Cc1cscc1C1(Cl)CC1(C)C. The van der Waals surface area contributed by atoms with Crippen molar-refractivity contribution in [3.63, 3.8) is 0 Å². The van der Waals surface area contributed by atoms with Crippen molar-refractivity contribution in [2.24, 2.45) is 5.41 Å². The van der Waals surface area contributed by atoms with Crippen LogP contribution in [-0.2, 0) is 4.87 Å². The first-order valence-electron chi connectivity index (χ1n) is 4.19. The van der Waals surface area contributed by atoms with E-state index in [2.05, 4.69) is 31.5 Å². The molecule has 1 aliphatic rings. The second-order valence-corrected chi connectivity index (χ2v) is 5.72. The molecule has 1 fully saturated rings. The third-order valence-corrected chi connectivity index (χ3v) is 4.63. The predicted molar refractivity (Wildman–Crippen MR) is 55.0 cm³/mol. The van der Waals surface area contributed by atoms with Crippen LogP contribution in [0.3, 0.4) is 0 Å². The number of thiophene rings is 1. The lowest BCUT2D eigenvalue weighted by Gasteiger charge is -2.11. The Hall–Kier alpha value is -0.0100. The van der Waals surface area contributed by atoms with Gasteiger partial charge in [-0.25, -0.2) is 0 Å². The largest absolute Gasteiger partial charge is 0.152 e. The topological polar surface area (TPSA) is 0 Å². The smallest absolute Gasteiger partial charge is 0.0762 e. The number of hydrogen-bond acceptors (Lipinski definition) is 1. The van der Waals surface area contributed by atoms with E-state index in [9.17, 15) is 0 Å². The summed E-state index contributed by atoms with van der Waals surface area (Å²) in [5, 5.41) is 4.37. The van der Waals surface area contributed by atoms with Gasteiger partial charge in [0.05, 0.1) is 4.87 Å². The molecule has 0 nitrogen and oxygen atoms in total. The summed E-state index contributed by atoms with van der Waals surface area (Å²) in [5.41, 5.74) is 2.99. The van der Waals surface area contributed by atoms with Crippen molar-refractivity contribution in [3.05, 3.63) is 21.9 Å². The van der Waals surface area contributed by atoms with Gasteiger partial charge in [-0.05, 0) is 40.6 Å². The predicted octanol–water partition coefficient (Wildman–Crippen LogP) is 3.92. The van der Waals surface area contributed by atoms with Crippen LogP contribution in [0, 0.1) is 12.3 Å². The van der Waals surface area contributed by atoms with Gasteiger partial charge < -0.3 is 0 Å². The van der Waals surface area contributed by atoms with Crippen LogP contribution in [-0.4, -0.2) is 0 Å². The zero-order valence-electron chi connectivity index (χ0n) is 7.65. The van der Waals surface area contributed by atoms with E-state index in [-0.39, 0.29) is 4.87 Å². The van der Waals surface area contributed by atoms with E-state index in [0.717, 1.165) is 6.42 Å². The maximum absolute atomic E-state index is 6.51. The molecule has 66 valence electrons. The van der Waals surface area contributed by atoms with E-state index in [4.69, 9.17) is 11.6 Å². The number of rotatable bonds is 1. The Bertz CT molecular complexity index is 313. The Morgan fingerprint density at radius 3 is 2.33 bits per heavy atom. The quantitative estimate of drug-likeness (QED) is 0.603. The first-order valence-corrected chi connectivity index (χ1v) is 5.52. The summed E-state index contributed by atoms with van der Waals surface area (Å²) < 4.78 is 0. The molecule has 1 aromatic rings. The van der Waals surface area contributed by atoms with Gasteiger partial charge >= 0.3 is 0 Å².